The molecule has 0 aliphatic carbocycles. The third-order valence-electron chi connectivity index (χ3n) is 4.34. The maximum absolute atomic E-state index is 4.57. The molecule has 1 atom stereocenters. The Kier molecular flexibility index (Phi) is 4.24. The molecule has 21 heavy (non-hydrogen) atoms. The first-order valence-corrected chi connectivity index (χ1v) is 7.69. The average Bonchev–Trinajstić information content (AvgIpc) is 3.04. The second kappa shape index (κ2) is 6.30. The van der Waals surface area contributed by atoms with E-state index in [1.54, 1.807) is 12.4 Å². The number of nitrogens with one attached hydrogen (secondary N) is 1. The Balaban J connectivity index is 1.60. The zero-order chi connectivity index (χ0) is 14.7. The Hall–Kier alpha value is -1.82. The summed E-state index contributed by atoms with van der Waals surface area (Å²) < 4.78 is 0. The van der Waals surface area contributed by atoms with Crippen LogP contribution in [-0.4, -0.2) is 43.1 Å². The molecule has 0 radical (unpaired) electrons. The van der Waals surface area contributed by atoms with Gasteiger partial charge in [0.2, 0.25) is 0 Å². The fourth-order valence-corrected chi connectivity index (χ4v) is 2.91. The van der Waals surface area contributed by atoms with Crippen LogP contribution in [0.2, 0.25) is 0 Å². The molecule has 0 saturated carbocycles. The zero-order valence-electron chi connectivity index (χ0n) is 12.7. The van der Waals surface area contributed by atoms with Crippen LogP contribution in [0.15, 0.2) is 18.6 Å². The number of aromatic amines is 1. The average molecular weight is 286 g/mol. The van der Waals surface area contributed by atoms with Gasteiger partial charge in [0.05, 0.1) is 11.7 Å². The van der Waals surface area contributed by atoms with E-state index in [1.165, 1.54) is 0 Å². The Morgan fingerprint density at radius 3 is 2.76 bits per heavy atom. The number of hydrogen-bond acceptors (Lipinski definition) is 5. The van der Waals surface area contributed by atoms with Crippen LogP contribution in [0.4, 0.5) is 0 Å². The minimum atomic E-state index is 0.318. The lowest BCUT2D eigenvalue weighted by Crippen LogP contribution is -2.35. The summed E-state index contributed by atoms with van der Waals surface area (Å²) in [4.78, 5) is 15.6. The smallest absolute Gasteiger partial charge is 0.153 e. The first-order chi connectivity index (χ1) is 10.3. The van der Waals surface area contributed by atoms with Crippen molar-refractivity contribution in [3.8, 4) is 0 Å². The predicted octanol–water partition coefficient (Wildman–Crippen LogP) is 2.10. The number of aryl methyl sites for hydroxylation is 1. The molecule has 0 spiro atoms. The highest BCUT2D eigenvalue weighted by Gasteiger charge is 2.27. The highest BCUT2D eigenvalue weighted by molar-refractivity contribution is 5.04. The molecular weight excluding hydrogens is 264 g/mol. The Morgan fingerprint density at radius 1 is 1.33 bits per heavy atom. The van der Waals surface area contributed by atoms with Crippen molar-refractivity contribution < 1.29 is 0 Å². The van der Waals surface area contributed by atoms with E-state index in [2.05, 4.69) is 43.9 Å². The van der Waals surface area contributed by atoms with Gasteiger partial charge in [-0.15, -0.1) is 0 Å². The molecule has 1 fully saturated rings. The molecule has 6 heteroatoms. The summed E-state index contributed by atoms with van der Waals surface area (Å²) in [6, 6.07) is 0.318. The van der Waals surface area contributed by atoms with Gasteiger partial charge in [-0.1, -0.05) is 6.92 Å². The minimum absolute atomic E-state index is 0.318. The van der Waals surface area contributed by atoms with Crippen LogP contribution in [0.3, 0.4) is 0 Å². The molecule has 3 heterocycles. The molecule has 3 rings (SSSR count). The summed E-state index contributed by atoms with van der Waals surface area (Å²) in [5, 5.41) is 7.38. The van der Waals surface area contributed by atoms with Crippen LogP contribution < -0.4 is 0 Å². The molecule has 0 bridgehead atoms. The van der Waals surface area contributed by atoms with E-state index in [-0.39, 0.29) is 0 Å². The number of piperidine rings is 1. The number of nitrogens with zero attached hydrogens (tertiary/aromatic N) is 5. The van der Waals surface area contributed by atoms with E-state index >= 15 is 0 Å². The van der Waals surface area contributed by atoms with Crippen molar-refractivity contribution in [3.63, 3.8) is 0 Å². The van der Waals surface area contributed by atoms with Gasteiger partial charge in [0, 0.05) is 30.9 Å². The summed E-state index contributed by atoms with van der Waals surface area (Å²) in [6.07, 6.45) is 8.46. The number of rotatable bonds is 4. The third kappa shape index (κ3) is 3.10. The summed E-state index contributed by atoms with van der Waals surface area (Å²) in [6.45, 7) is 6.40. The molecule has 1 aliphatic rings. The fourth-order valence-electron chi connectivity index (χ4n) is 2.91. The van der Waals surface area contributed by atoms with Crippen LogP contribution in [-0.2, 0) is 6.42 Å². The van der Waals surface area contributed by atoms with E-state index in [0.717, 1.165) is 49.7 Å². The topological polar surface area (TPSA) is 70.6 Å². The van der Waals surface area contributed by atoms with Gasteiger partial charge in [-0.25, -0.2) is 4.98 Å². The van der Waals surface area contributed by atoms with Crippen molar-refractivity contribution >= 4 is 0 Å². The van der Waals surface area contributed by atoms with Gasteiger partial charge >= 0.3 is 0 Å². The standard InChI is InChI=1S/C15H22N6/c1-3-14-18-15(20-19-14)12-4-8-21(9-5-12)11(2)13-10-16-6-7-17-13/h6-7,10-12H,3-5,8-9H2,1-2H3,(H,18,19,20)/t11-/m1/s1. The first-order valence-electron chi connectivity index (χ1n) is 7.69. The number of likely N-dealkylation sites (tertiary alicyclic amines) is 1. The molecule has 1 N–H and O–H groups in total. The third-order valence-corrected chi connectivity index (χ3v) is 4.34. The number of aromatic nitrogens is 5. The van der Waals surface area contributed by atoms with E-state index < -0.39 is 0 Å². The maximum Gasteiger partial charge on any atom is 0.153 e. The van der Waals surface area contributed by atoms with Crippen molar-refractivity contribution in [2.24, 2.45) is 0 Å². The van der Waals surface area contributed by atoms with Crippen LogP contribution in [0.1, 0.15) is 56.0 Å². The largest absolute Gasteiger partial charge is 0.295 e. The Bertz CT molecular complexity index is 559. The van der Waals surface area contributed by atoms with Crippen LogP contribution >= 0.6 is 0 Å². The molecule has 0 aromatic carbocycles. The number of H-pyrrole nitrogens is 1. The number of hydrogen-bond donors (Lipinski definition) is 1. The highest BCUT2D eigenvalue weighted by Crippen LogP contribution is 2.29. The summed E-state index contributed by atoms with van der Waals surface area (Å²) in [5.74, 6) is 2.45. The molecular formula is C15H22N6. The van der Waals surface area contributed by atoms with Crippen LogP contribution in [0, 0.1) is 0 Å². The lowest BCUT2D eigenvalue weighted by molar-refractivity contribution is 0.157. The quantitative estimate of drug-likeness (QED) is 0.932. The normalized spacial score (nSPS) is 18.8. The van der Waals surface area contributed by atoms with Gasteiger partial charge in [-0.05, 0) is 32.9 Å². The predicted molar refractivity (Wildman–Crippen MR) is 79.8 cm³/mol. The monoisotopic (exact) mass is 286 g/mol. The molecule has 1 saturated heterocycles. The van der Waals surface area contributed by atoms with E-state index in [0.29, 0.717) is 12.0 Å². The minimum Gasteiger partial charge on any atom is -0.295 e. The zero-order valence-corrected chi connectivity index (χ0v) is 12.7. The van der Waals surface area contributed by atoms with Gasteiger partial charge in [0.15, 0.2) is 5.82 Å². The Morgan fingerprint density at radius 2 is 2.14 bits per heavy atom. The van der Waals surface area contributed by atoms with E-state index in [1.807, 2.05) is 6.20 Å². The summed E-state index contributed by atoms with van der Waals surface area (Å²) in [5.41, 5.74) is 1.04. The van der Waals surface area contributed by atoms with Crippen LogP contribution in [0.25, 0.3) is 0 Å². The molecule has 1 aliphatic heterocycles. The maximum atomic E-state index is 4.57. The van der Waals surface area contributed by atoms with Gasteiger partial charge < -0.3 is 0 Å². The Labute approximate surface area is 125 Å². The van der Waals surface area contributed by atoms with Crippen LogP contribution in [0.5, 0.6) is 0 Å². The second-order valence-electron chi connectivity index (χ2n) is 5.61. The van der Waals surface area contributed by atoms with Crippen molar-refractivity contribution in [2.45, 2.75) is 45.1 Å². The van der Waals surface area contributed by atoms with Crippen molar-refractivity contribution in [1.29, 1.82) is 0 Å². The molecule has 0 unspecified atom stereocenters. The lowest BCUT2D eigenvalue weighted by atomic mass is 9.95. The molecule has 6 nitrogen and oxygen atoms in total. The van der Waals surface area contributed by atoms with Gasteiger partial charge in [-0.3, -0.25) is 20.0 Å². The molecule has 112 valence electrons. The van der Waals surface area contributed by atoms with Crippen molar-refractivity contribution in [1.82, 2.24) is 30.0 Å². The van der Waals surface area contributed by atoms with E-state index in [4.69, 9.17) is 0 Å². The molecule has 2 aromatic heterocycles. The van der Waals surface area contributed by atoms with Gasteiger partial charge in [0.25, 0.3) is 0 Å². The SMILES string of the molecule is CCc1nc(C2CCN([C@H](C)c3cnccn3)CC2)n[nH]1. The highest BCUT2D eigenvalue weighted by atomic mass is 15.2. The second-order valence-corrected chi connectivity index (χ2v) is 5.61. The first kappa shape index (κ1) is 14.1. The fraction of sp³-hybridized carbons (Fsp3) is 0.600. The summed E-state index contributed by atoms with van der Waals surface area (Å²) in [7, 11) is 0. The lowest BCUT2D eigenvalue weighted by Gasteiger charge is -2.34. The molecule has 0 amide bonds. The van der Waals surface area contributed by atoms with Crippen molar-refractivity contribution in [3.05, 3.63) is 35.9 Å². The van der Waals surface area contributed by atoms with E-state index in [9.17, 15) is 0 Å². The van der Waals surface area contributed by atoms with Gasteiger partial charge in [0.1, 0.15) is 5.82 Å². The summed E-state index contributed by atoms with van der Waals surface area (Å²) >= 11 is 0. The van der Waals surface area contributed by atoms with Crippen molar-refractivity contribution in [2.75, 3.05) is 13.1 Å². The molecule has 2 aromatic rings. The van der Waals surface area contributed by atoms with Gasteiger partial charge in [-0.2, -0.15) is 5.10 Å².